The summed E-state index contributed by atoms with van der Waals surface area (Å²) >= 11 is 0. The lowest BCUT2D eigenvalue weighted by Gasteiger charge is -2.33. The normalized spacial score (nSPS) is 14.6. The molecule has 1 aliphatic heterocycles. The number of Topliss-reactive ketones (excluding diaryl/α,β-unsaturated/α-hetero) is 1. The van der Waals surface area contributed by atoms with Crippen LogP contribution in [0.25, 0.3) is 0 Å². The molecule has 1 aromatic rings. The fraction of sp³-hybridized carbons (Fsp3) is 0.529. The van der Waals surface area contributed by atoms with Crippen molar-refractivity contribution in [1.29, 1.82) is 5.26 Å². The van der Waals surface area contributed by atoms with Crippen molar-refractivity contribution in [2.24, 2.45) is 5.41 Å². The molecule has 3 nitrogen and oxygen atoms in total. The average Bonchev–Trinajstić information content (AvgIpc) is 2.44. The Morgan fingerprint density at radius 1 is 1.45 bits per heavy atom. The van der Waals surface area contributed by atoms with Crippen LogP contribution in [0.3, 0.4) is 0 Å². The third-order valence-electron chi connectivity index (χ3n) is 4.01. The van der Waals surface area contributed by atoms with Gasteiger partial charge in [0.15, 0.2) is 5.78 Å². The van der Waals surface area contributed by atoms with Crippen LogP contribution in [0, 0.1) is 16.7 Å². The summed E-state index contributed by atoms with van der Waals surface area (Å²) in [6.45, 7) is 7.51. The second-order valence-corrected chi connectivity index (χ2v) is 6.24. The maximum atomic E-state index is 11.5. The van der Waals surface area contributed by atoms with E-state index in [4.69, 9.17) is 5.26 Å². The molecule has 106 valence electrons. The average molecular weight is 270 g/mol. The van der Waals surface area contributed by atoms with Crippen molar-refractivity contribution >= 4 is 11.5 Å². The van der Waals surface area contributed by atoms with Gasteiger partial charge in [-0.2, -0.15) is 5.26 Å². The number of benzene rings is 1. The van der Waals surface area contributed by atoms with Crippen LogP contribution in [0.2, 0.25) is 0 Å². The van der Waals surface area contributed by atoms with Gasteiger partial charge >= 0.3 is 0 Å². The van der Waals surface area contributed by atoms with Gasteiger partial charge in [0.05, 0.1) is 11.5 Å². The molecule has 0 unspecified atom stereocenters. The Labute approximate surface area is 121 Å². The summed E-state index contributed by atoms with van der Waals surface area (Å²) in [4.78, 5) is 13.8. The van der Waals surface area contributed by atoms with Crippen molar-refractivity contribution in [3.05, 3.63) is 29.3 Å². The molecule has 0 spiro atoms. The first kappa shape index (κ1) is 14.6. The maximum Gasteiger partial charge on any atom is 0.159 e. The molecule has 0 aromatic heterocycles. The molecule has 0 fully saturated rings. The van der Waals surface area contributed by atoms with Gasteiger partial charge in [-0.3, -0.25) is 4.79 Å². The number of carbonyl (C=O) groups is 1. The van der Waals surface area contributed by atoms with Crippen LogP contribution in [0.4, 0.5) is 5.69 Å². The fourth-order valence-electron chi connectivity index (χ4n) is 2.60. The highest BCUT2D eigenvalue weighted by molar-refractivity contribution is 5.94. The van der Waals surface area contributed by atoms with E-state index in [0.29, 0.717) is 0 Å². The Balaban J connectivity index is 2.17. The summed E-state index contributed by atoms with van der Waals surface area (Å²) in [6, 6.07) is 8.36. The fourth-order valence-corrected chi connectivity index (χ4v) is 2.60. The van der Waals surface area contributed by atoms with Gasteiger partial charge in [0.2, 0.25) is 0 Å². The van der Waals surface area contributed by atoms with Crippen LogP contribution < -0.4 is 4.90 Å². The lowest BCUT2D eigenvalue weighted by Crippen LogP contribution is -2.32. The molecule has 0 N–H and O–H groups in total. The summed E-state index contributed by atoms with van der Waals surface area (Å²) < 4.78 is 0. The van der Waals surface area contributed by atoms with E-state index in [1.54, 1.807) is 6.92 Å². The highest BCUT2D eigenvalue weighted by Crippen LogP contribution is 2.30. The number of nitrogens with zero attached hydrogens (tertiary/aromatic N) is 2. The zero-order valence-corrected chi connectivity index (χ0v) is 12.6. The van der Waals surface area contributed by atoms with E-state index >= 15 is 0 Å². The van der Waals surface area contributed by atoms with Crippen LogP contribution >= 0.6 is 0 Å². The number of carbonyl (C=O) groups excluding carboxylic acids is 1. The minimum atomic E-state index is -0.281. The second kappa shape index (κ2) is 5.66. The molecule has 0 aliphatic carbocycles. The Hall–Kier alpha value is -1.82. The standard InChI is InChI=1S/C17H22N2O/c1-13(20)14-6-7-16-15(11-14)5-4-9-19(16)10-8-17(2,3)12-18/h6-7,11H,4-5,8-10H2,1-3H3. The largest absolute Gasteiger partial charge is 0.371 e. The lowest BCUT2D eigenvalue weighted by molar-refractivity contribution is 0.101. The summed E-state index contributed by atoms with van der Waals surface area (Å²) in [5, 5.41) is 9.11. The van der Waals surface area contributed by atoms with Crippen molar-refractivity contribution in [2.45, 2.75) is 40.0 Å². The lowest BCUT2D eigenvalue weighted by atomic mass is 9.90. The molecule has 0 radical (unpaired) electrons. The van der Waals surface area contributed by atoms with Crippen molar-refractivity contribution < 1.29 is 4.79 Å². The van der Waals surface area contributed by atoms with Gasteiger partial charge in [0.1, 0.15) is 0 Å². The molecule has 0 bridgehead atoms. The number of rotatable bonds is 4. The molecule has 1 heterocycles. The number of aryl methyl sites for hydroxylation is 1. The Bertz CT molecular complexity index is 555. The van der Waals surface area contributed by atoms with Gasteiger partial charge in [-0.15, -0.1) is 0 Å². The zero-order chi connectivity index (χ0) is 14.8. The van der Waals surface area contributed by atoms with Crippen molar-refractivity contribution in [2.75, 3.05) is 18.0 Å². The molecular formula is C17H22N2O. The van der Waals surface area contributed by atoms with Gasteiger partial charge in [0.25, 0.3) is 0 Å². The Morgan fingerprint density at radius 3 is 2.85 bits per heavy atom. The molecular weight excluding hydrogens is 248 g/mol. The Kier molecular flexibility index (Phi) is 4.13. The number of nitriles is 1. The number of hydrogen-bond donors (Lipinski definition) is 0. The van der Waals surface area contributed by atoms with Crippen LogP contribution in [-0.4, -0.2) is 18.9 Å². The van der Waals surface area contributed by atoms with Gasteiger partial charge < -0.3 is 4.90 Å². The predicted molar refractivity (Wildman–Crippen MR) is 81.0 cm³/mol. The van der Waals surface area contributed by atoms with E-state index in [1.165, 1.54) is 11.3 Å². The number of ketones is 1. The first-order valence-corrected chi connectivity index (χ1v) is 7.23. The monoisotopic (exact) mass is 270 g/mol. The van der Waals surface area contributed by atoms with E-state index in [1.807, 2.05) is 26.0 Å². The van der Waals surface area contributed by atoms with E-state index in [9.17, 15) is 4.79 Å². The first-order chi connectivity index (χ1) is 9.43. The van der Waals surface area contributed by atoms with Crippen LogP contribution in [-0.2, 0) is 6.42 Å². The quantitative estimate of drug-likeness (QED) is 0.785. The predicted octanol–water partition coefficient (Wildman–Crippen LogP) is 3.58. The Morgan fingerprint density at radius 2 is 2.20 bits per heavy atom. The van der Waals surface area contributed by atoms with Gasteiger partial charge in [-0.05, 0) is 63.8 Å². The van der Waals surface area contributed by atoms with Gasteiger partial charge in [0, 0.05) is 24.3 Å². The summed E-state index contributed by atoms with van der Waals surface area (Å²) in [7, 11) is 0. The topological polar surface area (TPSA) is 44.1 Å². The second-order valence-electron chi connectivity index (χ2n) is 6.24. The van der Waals surface area contributed by atoms with Crippen LogP contribution in [0.5, 0.6) is 0 Å². The molecule has 0 saturated heterocycles. The molecule has 1 aliphatic rings. The highest BCUT2D eigenvalue weighted by Gasteiger charge is 2.22. The number of anilines is 1. The van der Waals surface area contributed by atoms with E-state index in [-0.39, 0.29) is 11.2 Å². The molecule has 0 atom stereocenters. The molecule has 1 aromatic carbocycles. The molecule has 3 heteroatoms. The minimum Gasteiger partial charge on any atom is -0.371 e. The van der Waals surface area contributed by atoms with Gasteiger partial charge in [-0.1, -0.05) is 0 Å². The smallest absolute Gasteiger partial charge is 0.159 e. The van der Waals surface area contributed by atoms with Gasteiger partial charge in [-0.25, -0.2) is 0 Å². The van der Waals surface area contributed by atoms with Crippen LogP contribution in [0.1, 0.15) is 49.5 Å². The minimum absolute atomic E-state index is 0.121. The summed E-state index contributed by atoms with van der Waals surface area (Å²) in [6.07, 6.45) is 3.01. The van der Waals surface area contributed by atoms with Crippen molar-refractivity contribution in [3.63, 3.8) is 0 Å². The number of hydrogen-bond acceptors (Lipinski definition) is 3. The molecule has 2 rings (SSSR count). The van der Waals surface area contributed by atoms with E-state index in [2.05, 4.69) is 17.0 Å². The third kappa shape index (κ3) is 3.19. The van der Waals surface area contributed by atoms with Crippen LogP contribution in [0.15, 0.2) is 18.2 Å². The summed E-state index contributed by atoms with van der Waals surface area (Å²) in [5.74, 6) is 0.121. The molecule has 0 saturated carbocycles. The van der Waals surface area contributed by atoms with E-state index in [0.717, 1.165) is 37.9 Å². The van der Waals surface area contributed by atoms with Crippen molar-refractivity contribution in [3.8, 4) is 6.07 Å². The third-order valence-corrected chi connectivity index (χ3v) is 4.01. The SMILES string of the molecule is CC(=O)c1ccc2c(c1)CCCN2CCC(C)(C)C#N. The molecule has 20 heavy (non-hydrogen) atoms. The van der Waals surface area contributed by atoms with Crippen molar-refractivity contribution in [1.82, 2.24) is 0 Å². The maximum absolute atomic E-state index is 11.5. The molecule has 0 amide bonds. The van der Waals surface area contributed by atoms with E-state index < -0.39 is 0 Å². The highest BCUT2D eigenvalue weighted by atomic mass is 16.1. The number of fused-ring (bicyclic) bond motifs is 1. The first-order valence-electron chi connectivity index (χ1n) is 7.23. The zero-order valence-electron chi connectivity index (χ0n) is 12.6. The summed E-state index contributed by atoms with van der Waals surface area (Å²) in [5.41, 5.74) is 3.01.